The van der Waals surface area contributed by atoms with Crippen LogP contribution in [0.5, 0.6) is 0 Å². The predicted molar refractivity (Wildman–Crippen MR) is 74.5 cm³/mol. The molecule has 0 aliphatic carbocycles. The summed E-state index contributed by atoms with van der Waals surface area (Å²) in [5.41, 5.74) is 2.71. The molecular weight excluding hydrogens is 222 g/mol. The molecule has 2 rings (SSSR count). The van der Waals surface area contributed by atoms with Crippen molar-refractivity contribution in [3.63, 3.8) is 0 Å². The number of nitrogens with one attached hydrogen (secondary N) is 1. The lowest BCUT2D eigenvalue weighted by Gasteiger charge is -2.13. The Bertz CT molecular complexity index is 500. The quantitative estimate of drug-likeness (QED) is 0.875. The molecule has 3 nitrogen and oxygen atoms in total. The van der Waals surface area contributed by atoms with Gasteiger partial charge in [-0.25, -0.2) is 4.98 Å². The normalized spacial score (nSPS) is 11.1. The van der Waals surface area contributed by atoms with E-state index in [1.807, 2.05) is 19.3 Å². The lowest BCUT2D eigenvalue weighted by atomic mass is 10.1. The topological polar surface area (TPSA) is 29.9 Å². The van der Waals surface area contributed by atoms with E-state index in [9.17, 15) is 0 Å². The average molecular weight is 243 g/mol. The molecule has 0 amide bonds. The van der Waals surface area contributed by atoms with Gasteiger partial charge in [-0.2, -0.15) is 0 Å². The third-order valence-electron chi connectivity index (χ3n) is 3.08. The van der Waals surface area contributed by atoms with Crippen LogP contribution in [-0.2, 0) is 13.1 Å². The van der Waals surface area contributed by atoms with Crippen LogP contribution in [-0.4, -0.2) is 15.6 Å². The Balaban J connectivity index is 2.14. The van der Waals surface area contributed by atoms with E-state index in [1.165, 1.54) is 11.1 Å². The molecule has 0 saturated carbocycles. The Morgan fingerprint density at radius 3 is 2.56 bits per heavy atom. The number of nitrogens with zero attached hydrogens (tertiary/aromatic N) is 2. The fourth-order valence-electron chi connectivity index (χ4n) is 1.95. The van der Waals surface area contributed by atoms with E-state index < -0.39 is 0 Å². The van der Waals surface area contributed by atoms with E-state index in [-0.39, 0.29) is 0 Å². The van der Waals surface area contributed by atoms with E-state index in [2.05, 4.69) is 53.0 Å². The van der Waals surface area contributed by atoms with Crippen molar-refractivity contribution in [2.45, 2.75) is 39.9 Å². The molecule has 1 N–H and O–H groups in total. The van der Waals surface area contributed by atoms with Gasteiger partial charge in [-0.05, 0) is 18.1 Å². The summed E-state index contributed by atoms with van der Waals surface area (Å²) in [6, 6.07) is 9.09. The van der Waals surface area contributed by atoms with Gasteiger partial charge in [0.2, 0.25) is 0 Å². The molecule has 0 aliphatic rings. The average Bonchev–Trinajstić information content (AvgIpc) is 2.74. The number of rotatable bonds is 5. The van der Waals surface area contributed by atoms with E-state index in [0.717, 1.165) is 18.9 Å². The smallest absolute Gasteiger partial charge is 0.105 e. The number of benzene rings is 1. The molecule has 1 aromatic heterocycles. The number of aromatic nitrogens is 2. The highest BCUT2D eigenvalue weighted by molar-refractivity contribution is 5.27. The molecule has 0 saturated heterocycles. The van der Waals surface area contributed by atoms with E-state index in [4.69, 9.17) is 0 Å². The third kappa shape index (κ3) is 3.20. The molecule has 96 valence electrons. The maximum Gasteiger partial charge on any atom is 0.105 e. The lowest BCUT2D eigenvalue weighted by molar-refractivity contribution is 0.584. The van der Waals surface area contributed by atoms with Crippen molar-refractivity contribution in [2.24, 2.45) is 0 Å². The Labute approximate surface area is 109 Å². The van der Waals surface area contributed by atoms with Crippen molar-refractivity contribution in [3.8, 4) is 0 Å². The second-order valence-corrected chi connectivity index (χ2v) is 4.91. The number of imidazole rings is 1. The number of hydrogen-bond donors (Lipinski definition) is 1. The van der Waals surface area contributed by atoms with Gasteiger partial charge in [0.05, 0.1) is 0 Å². The Morgan fingerprint density at radius 1 is 1.22 bits per heavy atom. The van der Waals surface area contributed by atoms with Crippen LogP contribution >= 0.6 is 0 Å². The Kier molecular flexibility index (Phi) is 4.15. The Hall–Kier alpha value is -1.61. The summed E-state index contributed by atoms with van der Waals surface area (Å²) in [5.74, 6) is 1.06. The van der Waals surface area contributed by atoms with Gasteiger partial charge in [-0.3, -0.25) is 0 Å². The summed E-state index contributed by atoms with van der Waals surface area (Å²) in [5, 5.41) is 3.47. The van der Waals surface area contributed by atoms with Crippen molar-refractivity contribution < 1.29 is 0 Å². The summed E-state index contributed by atoms with van der Waals surface area (Å²) >= 11 is 0. The third-order valence-corrected chi connectivity index (χ3v) is 3.08. The summed E-state index contributed by atoms with van der Waals surface area (Å²) in [6.45, 7) is 8.18. The van der Waals surface area contributed by atoms with Gasteiger partial charge in [-0.1, -0.05) is 38.1 Å². The van der Waals surface area contributed by atoms with Crippen LogP contribution in [0.3, 0.4) is 0 Å². The van der Waals surface area contributed by atoms with E-state index >= 15 is 0 Å². The molecule has 0 radical (unpaired) electrons. The SMILES string of the molecule is Cc1nccn1Cc1ccccc1CNC(C)C. The lowest BCUT2D eigenvalue weighted by Crippen LogP contribution is -2.22. The summed E-state index contributed by atoms with van der Waals surface area (Å²) in [7, 11) is 0. The molecule has 0 bridgehead atoms. The molecule has 18 heavy (non-hydrogen) atoms. The van der Waals surface area contributed by atoms with Gasteiger partial charge in [0.1, 0.15) is 5.82 Å². The van der Waals surface area contributed by atoms with Crippen LogP contribution in [0.4, 0.5) is 0 Å². The van der Waals surface area contributed by atoms with Gasteiger partial charge < -0.3 is 9.88 Å². The molecule has 0 spiro atoms. The van der Waals surface area contributed by atoms with Crippen LogP contribution < -0.4 is 5.32 Å². The highest BCUT2D eigenvalue weighted by Gasteiger charge is 2.04. The van der Waals surface area contributed by atoms with Gasteiger partial charge in [0.25, 0.3) is 0 Å². The first-order chi connectivity index (χ1) is 8.66. The molecule has 0 atom stereocenters. The maximum absolute atomic E-state index is 4.26. The standard InChI is InChI=1S/C15H21N3/c1-12(2)17-10-14-6-4-5-7-15(14)11-18-9-8-16-13(18)3/h4-9,12,17H,10-11H2,1-3H3. The number of aryl methyl sites for hydroxylation is 1. The van der Waals surface area contributed by atoms with Crippen LogP contribution in [0.1, 0.15) is 30.8 Å². The zero-order valence-corrected chi connectivity index (χ0v) is 11.4. The maximum atomic E-state index is 4.26. The second-order valence-electron chi connectivity index (χ2n) is 4.91. The summed E-state index contributed by atoms with van der Waals surface area (Å²) < 4.78 is 2.17. The fraction of sp³-hybridized carbons (Fsp3) is 0.400. The van der Waals surface area contributed by atoms with Crippen molar-refractivity contribution in [1.29, 1.82) is 0 Å². The predicted octanol–water partition coefficient (Wildman–Crippen LogP) is 2.74. The van der Waals surface area contributed by atoms with Gasteiger partial charge in [0.15, 0.2) is 0 Å². The molecular formula is C15H21N3. The number of hydrogen-bond acceptors (Lipinski definition) is 2. The molecule has 1 aromatic carbocycles. The monoisotopic (exact) mass is 243 g/mol. The summed E-state index contributed by atoms with van der Waals surface area (Å²) in [4.78, 5) is 4.26. The zero-order valence-electron chi connectivity index (χ0n) is 11.4. The Morgan fingerprint density at radius 2 is 1.94 bits per heavy atom. The fourth-order valence-corrected chi connectivity index (χ4v) is 1.95. The zero-order chi connectivity index (χ0) is 13.0. The van der Waals surface area contributed by atoms with Crippen LogP contribution in [0.2, 0.25) is 0 Å². The van der Waals surface area contributed by atoms with Crippen LogP contribution in [0.15, 0.2) is 36.7 Å². The minimum atomic E-state index is 0.507. The van der Waals surface area contributed by atoms with Gasteiger partial charge >= 0.3 is 0 Å². The molecule has 2 aromatic rings. The molecule has 0 fully saturated rings. The molecule has 0 aliphatic heterocycles. The molecule has 1 heterocycles. The second kappa shape index (κ2) is 5.83. The van der Waals surface area contributed by atoms with Crippen molar-refractivity contribution >= 4 is 0 Å². The first-order valence-corrected chi connectivity index (χ1v) is 6.44. The van der Waals surface area contributed by atoms with Gasteiger partial charge in [0, 0.05) is 31.5 Å². The van der Waals surface area contributed by atoms with Crippen molar-refractivity contribution in [1.82, 2.24) is 14.9 Å². The van der Waals surface area contributed by atoms with Crippen LogP contribution in [0.25, 0.3) is 0 Å². The molecule has 0 unspecified atom stereocenters. The highest BCUT2D eigenvalue weighted by atomic mass is 15.0. The van der Waals surface area contributed by atoms with E-state index in [1.54, 1.807) is 0 Å². The minimum Gasteiger partial charge on any atom is -0.331 e. The highest BCUT2D eigenvalue weighted by Crippen LogP contribution is 2.12. The first-order valence-electron chi connectivity index (χ1n) is 6.44. The summed E-state index contributed by atoms with van der Waals surface area (Å²) in [6.07, 6.45) is 3.88. The van der Waals surface area contributed by atoms with Crippen molar-refractivity contribution in [3.05, 3.63) is 53.6 Å². The van der Waals surface area contributed by atoms with Crippen molar-refractivity contribution in [2.75, 3.05) is 0 Å². The van der Waals surface area contributed by atoms with Gasteiger partial charge in [-0.15, -0.1) is 0 Å². The largest absolute Gasteiger partial charge is 0.331 e. The first kappa shape index (κ1) is 12.8. The van der Waals surface area contributed by atoms with Crippen LogP contribution in [0, 0.1) is 6.92 Å². The van der Waals surface area contributed by atoms with E-state index in [0.29, 0.717) is 6.04 Å². The molecule has 3 heteroatoms. The minimum absolute atomic E-state index is 0.507.